The average Bonchev–Trinajstić information content (AvgIpc) is 2.65. The lowest BCUT2D eigenvalue weighted by atomic mass is 10.2. The van der Waals surface area contributed by atoms with Gasteiger partial charge in [-0.1, -0.05) is 42.5 Å². The number of amides is 1. The van der Waals surface area contributed by atoms with E-state index in [1.807, 2.05) is 54.2 Å². The molecule has 6 heteroatoms. The molecule has 2 N–H and O–H groups in total. The third kappa shape index (κ3) is 7.00. The fraction of sp³-hybridized carbons (Fsp3) is 0.350. The quantitative estimate of drug-likeness (QED) is 0.751. The van der Waals surface area contributed by atoms with E-state index in [1.54, 1.807) is 0 Å². The van der Waals surface area contributed by atoms with Gasteiger partial charge in [0.1, 0.15) is 0 Å². The monoisotopic (exact) mass is 392 g/mol. The molecule has 1 heterocycles. The molecule has 140 valence electrons. The zero-order valence-corrected chi connectivity index (χ0v) is 16.3. The van der Waals surface area contributed by atoms with Crippen molar-refractivity contribution in [3.05, 3.63) is 65.7 Å². The maximum Gasteiger partial charge on any atom is 0.225 e. The number of halogens is 1. The summed E-state index contributed by atoms with van der Waals surface area (Å²) in [6.45, 7) is 2.15. The van der Waals surface area contributed by atoms with Crippen molar-refractivity contribution in [2.45, 2.75) is 25.7 Å². The number of hydrogen-bond acceptors (Lipinski definition) is 4. The third-order valence-corrected chi connectivity index (χ3v) is 5.18. The van der Waals surface area contributed by atoms with E-state index in [1.165, 1.54) is 5.56 Å². The number of anilines is 1. The van der Waals surface area contributed by atoms with Gasteiger partial charge in [0.2, 0.25) is 5.91 Å². The van der Waals surface area contributed by atoms with Gasteiger partial charge in [-0.2, -0.15) is 11.8 Å². The minimum atomic E-state index is 0. The first-order valence-electron chi connectivity index (χ1n) is 8.61. The van der Waals surface area contributed by atoms with Crippen molar-refractivity contribution in [1.29, 1.82) is 0 Å². The predicted molar refractivity (Wildman–Crippen MR) is 111 cm³/mol. The van der Waals surface area contributed by atoms with Gasteiger partial charge < -0.3 is 15.4 Å². The molecule has 1 aliphatic heterocycles. The summed E-state index contributed by atoms with van der Waals surface area (Å²) in [5, 5.41) is 6.35. The van der Waals surface area contributed by atoms with Gasteiger partial charge in [-0.05, 0) is 23.3 Å². The van der Waals surface area contributed by atoms with Gasteiger partial charge in [-0.3, -0.25) is 4.79 Å². The summed E-state index contributed by atoms with van der Waals surface area (Å²) in [7, 11) is 0. The van der Waals surface area contributed by atoms with Gasteiger partial charge in [0.25, 0.3) is 0 Å². The van der Waals surface area contributed by atoms with E-state index < -0.39 is 0 Å². The maximum atomic E-state index is 12.1. The number of nitrogens with one attached hydrogen (secondary N) is 2. The lowest BCUT2D eigenvalue weighted by molar-refractivity contribution is -0.116. The van der Waals surface area contributed by atoms with Crippen LogP contribution in [0.15, 0.2) is 54.6 Å². The number of thioether (sulfide) groups is 1. The largest absolute Gasteiger partial charge is 0.372 e. The average molecular weight is 393 g/mol. The number of rotatable bonds is 7. The Labute approximate surface area is 165 Å². The Morgan fingerprint density at radius 3 is 2.42 bits per heavy atom. The van der Waals surface area contributed by atoms with E-state index in [2.05, 4.69) is 22.8 Å². The van der Waals surface area contributed by atoms with Crippen LogP contribution in [0.4, 0.5) is 5.69 Å². The molecule has 0 spiro atoms. The van der Waals surface area contributed by atoms with E-state index in [9.17, 15) is 4.79 Å². The van der Waals surface area contributed by atoms with Gasteiger partial charge in [0, 0.05) is 36.2 Å². The van der Waals surface area contributed by atoms with Crippen LogP contribution >= 0.6 is 24.2 Å². The van der Waals surface area contributed by atoms with Crippen LogP contribution in [-0.4, -0.2) is 30.0 Å². The van der Waals surface area contributed by atoms with Gasteiger partial charge in [0.05, 0.1) is 13.2 Å². The van der Waals surface area contributed by atoms with Crippen LogP contribution in [0, 0.1) is 0 Å². The molecule has 26 heavy (non-hydrogen) atoms. The second-order valence-electron chi connectivity index (χ2n) is 6.15. The first kappa shape index (κ1) is 20.8. The maximum absolute atomic E-state index is 12.1. The Morgan fingerprint density at radius 2 is 1.77 bits per heavy atom. The minimum absolute atomic E-state index is 0. The molecular formula is C20H25ClN2O2S. The molecular weight excluding hydrogens is 368 g/mol. The Kier molecular flexibility index (Phi) is 8.98. The van der Waals surface area contributed by atoms with Crippen molar-refractivity contribution >= 4 is 35.8 Å². The lowest BCUT2D eigenvalue weighted by Gasteiger charge is -2.22. The molecule has 1 fully saturated rings. The summed E-state index contributed by atoms with van der Waals surface area (Å²) in [5.74, 6) is 2.20. The molecule has 1 aliphatic rings. The molecule has 0 saturated carbocycles. The summed E-state index contributed by atoms with van der Waals surface area (Å²) in [4.78, 5) is 12.1. The van der Waals surface area contributed by atoms with Crippen molar-refractivity contribution in [1.82, 2.24) is 5.32 Å². The van der Waals surface area contributed by atoms with Crippen LogP contribution in [-0.2, 0) is 22.7 Å². The summed E-state index contributed by atoms with van der Waals surface area (Å²) in [6, 6.07) is 18.3. The zero-order chi connectivity index (χ0) is 17.3. The molecule has 4 nitrogen and oxygen atoms in total. The van der Waals surface area contributed by atoms with Crippen LogP contribution in [0.1, 0.15) is 17.5 Å². The van der Waals surface area contributed by atoms with E-state index in [-0.39, 0.29) is 24.4 Å². The molecule has 1 unspecified atom stereocenters. The van der Waals surface area contributed by atoms with Crippen molar-refractivity contribution in [2.24, 2.45) is 0 Å². The molecule has 0 aliphatic carbocycles. The number of ether oxygens (including phenoxy) is 1. The summed E-state index contributed by atoms with van der Waals surface area (Å²) >= 11 is 1.90. The van der Waals surface area contributed by atoms with E-state index in [0.29, 0.717) is 19.6 Å². The smallest absolute Gasteiger partial charge is 0.225 e. The van der Waals surface area contributed by atoms with Crippen molar-refractivity contribution in [3.63, 3.8) is 0 Å². The van der Waals surface area contributed by atoms with E-state index >= 15 is 0 Å². The van der Waals surface area contributed by atoms with Gasteiger partial charge >= 0.3 is 0 Å². The summed E-state index contributed by atoms with van der Waals surface area (Å²) in [6.07, 6.45) is 0.523. The normalized spacial score (nSPS) is 16.5. The number of carbonyl (C=O) groups is 1. The fourth-order valence-electron chi connectivity index (χ4n) is 2.73. The summed E-state index contributed by atoms with van der Waals surface area (Å²) in [5.41, 5.74) is 3.10. The highest BCUT2D eigenvalue weighted by Gasteiger charge is 2.16. The van der Waals surface area contributed by atoms with Crippen LogP contribution < -0.4 is 10.6 Å². The van der Waals surface area contributed by atoms with Crippen molar-refractivity contribution in [2.75, 3.05) is 23.4 Å². The van der Waals surface area contributed by atoms with E-state index in [0.717, 1.165) is 29.3 Å². The topological polar surface area (TPSA) is 50.4 Å². The van der Waals surface area contributed by atoms with Crippen molar-refractivity contribution < 1.29 is 9.53 Å². The lowest BCUT2D eigenvalue weighted by Crippen LogP contribution is -2.39. The Bertz CT molecular complexity index is 661. The molecule has 0 aromatic heterocycles. The Balaban J connectivity index is 0.00000243. The molecule has 3 rings (SSSR count). The molecule has 0 bridgehead atoms. The molecule has 1 atom stereocenters. The molecule has 1 amide bonds. The standard InChI is InChI=1S/C20H24N2O2S.ClH/c23-20(12-19-15-25-11-10-21-19)22-18-8-6-17(7-9-18)14-24-13-16-4-2-1-3-5-16;/h1-9,19,21H,10-15H2,(H,22,23);1H. The van der Waals surface area contributed by atoms with Crippen LogP contribution in [0.3, 0.4) is 0 Å². The minimum Gasteiger partial charge on any atom is -0.372 e. The second-order valence-corrected chi connectivity index (χ2v) is 7.30. The first-order chi connectivity index (χ1) is 12.3. The highest BCUT2D eigenvalue weighted by atomic mass is 35.5. The highest BCUT2D eigenvalue weighted by Crippen LogP contribution is 2.14. The van der Waals surface area contributed by atoms with Crippen molar-refractivity contribution in [3.8, 4) is 0 Å². The fourth-order valence-corrected chi connectivity index (χ4v) is 3.68. The number of benzene rings is 2. The van der Waals surface area contributed by atoms with Gasteiger partial charge in [-0.25, -0.2) is 0 Å². The number of carbonyl (C=O) groups excluding carboxylic acids is 1. The van der Waals surface area contributed by atoms with E-state index in [4.69, 9.17) is 4.74 Å². The molecule has 0 radical (unpaired) electrons. The van der Waals surface area contributed by atoms with Gasteiger partial charge in [-0.15, -0.1) is 12.4 Å². The molecule has 2 aromatic carbocycles. The molecule has 1 saturated heterocycles. The number of hydrogen-bond donors (Lipinski definition) is 2. The summed E-state index contributed by atoms with van der Waals surface area (Å²) < 4.78 is 5.73. The highest BCUT2D eigenvalue weighted by molar-refractivity contribution is 7.99. The second kappa shape index (κ2) is 11.2. The van der Waals surface area contributed by atoms with Crippen LogP contribution in [0.5, 0.6) is 0 Å². The third-order valence-electron chi connectivity index (χ3n) is 4.05. The SMILES string of the molecule is Cl.O=C(CC1CSCCN1)Nc1ccc(COCc2ccccc2)cc1. The Hall–Kier alpha value is -1.53. The van der Waals surface area contributed by atoms with Crippen LogP contribution in [0.2, 0.25) is 0 Å². The molecule has 2 aromatic rings. The van der Waals surface area contributed by atoms with Gasteiger partial charge in [0.15, 0.2) is 0 Å². The predicted octanol–water partition coefficient (Wildman–Crippen LogP) is 3.86. The first-order valence-corrected chi connectivity index (χ1v) is 9.76. The Morgan fingerprint density at radius 1 is 1.08 bits per heavy atom. The zero-order valence-electron chi connectivity index (χ0n) is 14.6. The van der Waals surface area contributed by atoms with Crippen LogP contribution in [0.25, 0.3) is 0 Å².